The van der Waals surface area contributed by atoms with Gasteiger partial charge in [-0.05, 0) is 55.8 Å². The van der Waals surface area contributed by atoms with Gasteiger partial charge in [-0.15, -0.1) is 0 Å². The van der Waals surface area contributed by atoms with Crippen molar-refractivity contribution in [2.24, 2.45) is 4.99 Å². The van der Waals surface area contributed by atoms with Gasteiger partial charge in [-0.3, -0.25) is 14.5 Å². The molecule has 1 heterocycles. The number of esters is 1. The largest absolute Gasteiger partial charge is 0.462 e. The standard InChI is InChI=1S/C24H25Cl2N3O4S/c1-3-5-10-29-21(30)14-20(34-24(29)28-19-12-16(25)11-17(26)13-19)22(31)27-18-8-6-15(7-9-18)23(32)33-4-2/h6-9,11-13,20H,3-5,10,14H2,1-2H3,(H,27,31)/t20-/m1/s1. The van der Waals surface area contributed by atoms with Crippen LogP contribution in [0.5, 0.6) is 0 Å². The Morgan fingerprint density at radius 3 is 2.44 bits per heavy atom. The molecule has 180 valence electrons. The molecule has 0 unspecified atom stereocenters. The molecule has 0 radical (unpaired) electrons. The second kappa shape index (κ2) is 12.2. The lowest BCUT2D eigenvalue weighted by Crippen LogP contribution is -2.45. The number of anilines is 1. The number of hydrogen-bond donors (Lipinski definition) is 1. The van der Waals surface area contributed by atoms with Crippen molar-refractivity contribution in [3.8, 4) is 0 Å². The second-order valence-corrected chi connectivity index (χ2v) is 9.56. The smallest absolute Gasteiger partial charge is 0.338 e. The van der Waals surface area contributed by atoms with E-state index in [2.05, 4.69) is 10.3 Å². The number of carbonyl (C=O) groups excluding carboxylic acids is 3. The molecule has 2 aromatic carbocycles. The highest BCUT2D eigenvalue weighted by Crippen LogP contribution is 2.32. The fraction of sp³-hybridized carbons (Fsp3) is 0.333. The van der Waals surface area contributed by atoms with Gasteiger partial charge in [0.1, 0.15) is 5.25 Å². The van der Waals surface area contributed by atoms with Gasteiger partial charge in [-0.1, -0.05) is 48.3 Å². The summed E-state index contributed by atoms with van der Waals surface area (Å²) >= 11 is 13.4. The van der Waals surface area contributed by atoms with Crippen LogP contribution in [-0.2, 0) is 14.3 Å². The van der Waals surface area contributed by atoms with Gasteiger partial charge in [0.05, 0.1) is 17.9 Å². The molecule has 1 saturated heterocycles. The van der Waals surface area contributed by atoms with Gasteiger partial charge in [0.2, 0.25) is 11.8 Å². The number of rotatable bonds is 8. The molecule has 1 N–H and O–H groups in total. The van der Waals surface area contributed by atoms with Gasteiger partial charge in [0.15, 0.2) is 5.17 Å². The van der Waals surface area contributed by atoms with E-state index in [0.29, 0.717) is 38.7 Å². The molecule has 0 aromatic heterocycles. The first kappa shape index (κ1) is 26.1. The Morgan fingerprint density at radius 2 is 1.82 bits per heavy atom. The first-order valence-corrected chi connectivity index (χ1v) is 12.5. The number of carbonyl (C=O) groups is 3. The zero-order chi connectivity index (χ0) is 24.7. The molecule has 0 saturated carbocycles. The highest BCUT2D eigenvalue weighted by atomic mass is 35.5. The third-order valence-corrected chi connectivity index (χ3v) is 6.53. The molecule has 10 heteroatoms. The van der Waals surface area contributed by atoms with Crippen molar-refractivity contribution in [3.63, 3.8) is 0 Å². The van der Waals surface area contributed by atoms with E-state index in [9.17, 15) is 14.4 Å². The van der Waals surface area contributed by atoms with Gasteiger partial charge in [-0.2, -0.15) is 0 Å². The Balaban J connectivity index is 1.78. The van der Waals surface area contributed by atoms with Crippen LogP contribution in [0.2, 0.25) is 10.0 Å². The summed E-state index contributed by atoms with van der Waals surface area (Å²) in [6.45, 7) is 4.57. The summed E-state index contributed by atoms with van der Waals surface area (Å²) in [5.74, 6) is -0.922. The molecule has 0 spiro atoms. The third-order valence-electron chi connectivity index (χ3n) is 4.90. The molecule has 1 fully saturated rings. The lowest BCUT2D eigenvalue weighted by atomic mass is 10.2. The number of aliphatic imine (C=N–C) groups is 1. The van der Waals surface area contributed by atoms with Crippen molar-refractivity contribution in [2.45, 2.75) is 38.4 Å². The highest BCUT2D eigenvalue weighted by Gasteiger charge is 2.35. The monoisotopic (exact) mass is 521 g/mol. The fourth-order valence-corrected chi connectivity index (χ4v) is 4.86. The maximum atomic E-state index is 13.0. The molecule has 2 amide bonds. The first-order valence-electron chi connectivity index (χ1n) is 10.9. The predicted molar refractivity (Wildman–Crippen MR) is 137 cm³/mol. The summed E-state index contributed by atoms with van der Waals surface area (Å²) < 4.78 is 4.97. The van der Waals surface area contributed by atoms with Crippen molar-refractivity contribution in [2.75, 3.05) is 18.5 Å². The maximum absolute atomic E-state index is 13.0. The van der Waals surface area contributed by atoms with E-state index >= 15 is 0 Å². The van der Waals surface area contributed by atoms with Crippen LogP contribution in [0.3, 0.4) is 0 Å². The molecule has 0 bridgehead atoms. The number of ether oxygens (including phenoxy) is 1. The molecule has 3 rings (SSSR count). The number of halogens is 2. The zero-order valence-corrected chi connectivity index (χ0v) is 21.2. The molecule has 1 aliphatic heterocycles. The Bertz CT molecular complexity index is 1070. The normalized spacial score (nSPS) is 17.1. The minimum Gasteiger partial charge on any atom is -0.462 e. The van der Waals surface area contributed by atoms with E-state index in [4.69, 9.17) is 27.9 Å². The Labute approximate surface area is 212 Å². The van der Waals surface area contributed by atoms with Crippen LogP contribution in [-0.4, -0.2) is 46.3 Å². The van der Waals surface area contributed by atoms with Crippen LogP contribution in [0.4, 0.5) is 11.4 Å². The lowest BCUT2D eigenvalue weighted by Gasteiger charge is -2.31. The van der Waals surface area contributed by atoms with Gasteiger partial charge in [-0.25, -0.2) is 9.79 Å². The molecule has 0 aliphatic carbocycles. The van der Waals surface area contributed by atoms with Crippen LogP contribution < -0.4 is 5.32 Å². The summed E-state index contributed by atoms with van der Waals surface area (Å²) in [5.41, 5.74) is 1.41. The molecule has 34 heavy (non-hydrogen) atoms. The average Bonchev–Trinajstić information content (AvgIpc) is 2.78. The number of thioether (sulfide) groups is 1. The topological polar surface area (TPSA) is 88.1 Å². The van der Waals surface area contributed by atoms with Crippen LogP contribution in [0, 0.1) is 0 Å². The van der Waals surface area contributed by atoms with Crippen molar-refractivity contribution in [1.82, 2.24) is 4.90 Å². The van der Waals surface area contributed by atoms with E-state index < -0.39 is 11.2 Å². The van der Waals surface area contributed by atoms with Crippen LogP contribution >= 0.6 is 35.0 Å². The molecule has 7 nitrogen and oxygen atoms in total. The molecule has 1 atom stereocenters. The number of amides is 2. The Hall–Kier alpha value is -2.55. The number of benzene rings is 2. The fourth-order valence-electron chi connectivity index (χ4n) is 3.22. The lowest BCUT2D eigenvalue weighted by molar-refractivity contribution is -0.129. The summed E-state index contributed by atoms with van der Waals surface area (Å²) in [7, 11) is 0. The number of nitrogens with zero attached hydrogens (tertiary/aromatic N) is 2. The van der Waals surface area contributed by atoms with E-state index in [-0.39, 0.29) is 24.8 Å². The summed E-state index contributed by atoms with van der Waals surface area (Å²) in [6, 6.07) is 11.3. The first-order chi connectivity index (χ1) is 16.3. The van der Waals surface area contributed by atoms with Gasteiger partial charge in [0, 0.05) is 28.7 Å². The average molecular weight is 522 g/mol. The van der Waals surface area contributed by atoms with Gasteiger partial charge in [0.25, 0.3) is 0 Å². The zero-order valence-electron chi connectivity index (χ0n) is 18.8. The number of amidine groups is 1. The predicted octanol–water partition coefficient (Wildman–Crippen LogP) is 5.93. The number of unbranched alkanes of at least 4 members (excludes halogenated alkanes) is 1. The van der Waals surface area contributed by atoms with Gasteiger partial charge < -0.3 is 10.1 Å². The SMILES string of the molecule is CCCCN1C(=O)C[C@H](C(=O)Nc2ccc(C(=O)OCC)cc2)SC1=Nc1cc(Cl)cc(Cl)c1. The van der Waals surface area contributed by atoms with Crippen LogP contribution in [0.25, 0.3) is 0 Å². The molecule has 1 aliphatic rings. The quantitative estimate of drug-likeness (QED) is 0.434. The Morgan fingerprint density at radius 1 is 1.15 bits per heavy atom. The number of nitrogens with one attached hydrogen (secondary N) is 1. The minimum absolute atomic E-state index is 0.0520. The van der Waals surface area contributed by atoms with Crippen molar-refractivity contribution >= 4 is 69.3 Å². The van der Waals surface area contributed by atoms with Crippen molar-refractivity contribution in [1.29, 1.82) is 0 Å². The van der Waals surface area contributed by atoms with E-state index in [1.807, 2.05) is 6.92 Å². The van der Waals surface area contributed by atoms with E-state index in [1.165, 1.54) is 11.8 Å². The summed E-state index contributed by atoms with van der Waals surface area (Å²) in [6.07, 6.45) is 1.78. The van der Waals surface area contributed by atoms with Crippen LogP contribution in [0.15, 0.2) is 47.5 Å². The second-order valence-electron chi connectivity index (χ2n) is 7.52. The van der Waals surface area contributed by atoms with Crippen molar-refractivity contribution in [3.05, 3.63) is 58.1 Å². The Kier molecular flexibility index (Phi) is 9.38. The third kappa shape index (κ3) is 6.98. The highest BCUT2D eigenvalue weighted by molar-refractivity contribution is 8.15. The molecular weight excluding hydrogens is 497 g/mol. The van der Waals surface area contributed by atoms with E-state index in [1.54, 1.807) is 54.3 Å². The van der Waals surface area contributed by atoms with Crippen LogP contribution in [0.1, 0.15) is 43.5 Å². The maximum Gasteiger partial charge on any atom is 0.338 e. The van der Waals surface area contributed by atoms with E-state index in [0.717, 1.165) is 12.8 Å². The summed E-state index contributed by atoms with van der Waals surface area (Å²) in [4.78, 5) is 43.9. The van der Waals surface area contributed by atoms with Crippen molar-refractivity contribution < 1.29 is 19.1 Å². The molecule has 2 aromatic rings. The summed E-state index contributed by atoms with van der Waals surface area (Å²) in [5, 5.41) is 3.44. The minimum atomic E-state index is -0.663. The number of hydrogen-bond acceptors (Lipinski definition) is 6. The van der Waals surface area contributed by atoms with Gasteiger partial charge >= 0.3 is 5.97 Å². The molecular formula is C24H25Cl2N3O4S.